The quantitative estimate of drug-likeness (QED) is 0.195. The summed E-state index contributed by atoms with van der Waals surface area (Å²) in [6.45, 7) is 5.86. The number of nitrogens with one attached hydrogen (secondary N) is 2. The summed E-state index contributed by atoms with van der Waals surface area (Å²) in [5.41, 5.74) is -0.563. The standard InChI is InChI=1S/C18H34N2O10/c1-18(2,3)30-17(26)19-5-7-28-9-8-27-6-4-12(22)20-13-15(24)14(23)11(10-21)29-16(13)25/h11,13-16,21,23-25H,4-10H2,1-3H3,(H,19,26)(H,20,22)/t11-,13-,14-,15-,16?/m1/s1. The first-order valence-corrected chi connectivity index (χ1v) is 9.77. The Bertz CT molecular complexity index is 528. The highest BCUT2D eigenvalue weighted by Gasteiger charge is 2.44. The smallest absolute Gasteiger partial charge is 0.407 e. The van der Waals surface area contributed by atoms with Gasteiger partial charge in [0.1, 0.15) is 30.0 Å². The lowest BCUT2D eigenvalue weighted by molar-refractivity contribution is -0.253. The van der Waals surface area contributed by atoms with E-state index < -0.39 is 54.9 Å². The van der Waals surface area contributed by atoms with Gasteiger partial charge in [0.2, 0.25) is 5.91 Å². The van der Waals surface area contributed by atoms with Crippen molar-refractivity contribution in [1.82, 2.24) is 10.6 Å². The van der Waals surface area contributed by atoms with Gasteiger partial charge in [0, 0.05) is 13.0 Å². The highest BCUT2D eigenvalue weighted by molar-refractivity contribution is 5.76. The number of aliphatic hydroxyl groups is 4. The van der Waals surface area contributed by atoms with Gasteiger partial charge in [-0.3, -0.25) is 4.79 Å². The average molecular weight is 438 g/mol. The first-order valence-electron chi connectivity index (χ1n) is 9.77. The van der Waals surface area contributed by atoms with E-state index in [0.717, 1.165) is 0 Å². The summed E-state index contributed by atoms with van der Waals surface area (Å²) in [7, 11) is 0. The van der Waals surface area contributed by atoms with Crippen LogP contribution in [0.15, 0.2) is 0 Å². The molecule has 6 N–H and O–H groups in total. The first-order chi connectivity index (χ1) is 14.0. The summed E-state index contributed by atoms with van der Waals surface area (Å²) in [5.74, 6) is -0.515. The molecule has 2 amide bonds. The summed E-state index contributed by atoms with van der Waals surface area (Å²) in [6, 6.07) is -1.23. The molecule has 0 spiro atoms. The Morgan fingerprint density at radius 3 is 2.23 bits per heavy atom. The lowest BCUT2D eigenvalue weighted by Gasteiger charge is -2.40. The van der Waals surface area contributed by atoms with Crippen LogP contribution >= 0.6 is 0 Å². The van der Waals surface area contributed by atoms with Crippen LogP contribution < -0.4 is 10.6 Å². The SMILES string of the molecule is CC(C)(C)OC(=O)NCCOCCOCCC(=O)N[C@H]1C(O)O[C@H](CO)[C@@H](O)[C@@H]1O. The zero-order valence-electron chi connectivity index (χ0n) is 17.6. The number of carbonyl (C=O) groups excluding carboxylic acids is 2. The Labute approximate surface area is 175 Å². The fraction of sp³-hybridized carbons (Fsp3) is 0.889. The molecule has 0 aromatic carbocycles. The van der Waals surface area contributed by atoms with Crippen LogP contribution in [0, 0.1) is 0 Å². The molecule has 5 atom stereocenters. The minimum absolute atomic E-state index is 0.0460. The molecule has 0 aromatic heterocycles. The van der Waals surface area contributed by atoms with Crippen LogP contribution in [0.1, 0.15) is 27.2 Å². The van der Waals surface area contributed by atoms with Gasteiger partial charge < -0.3 is 50.0 Å². The number of amides is 2. The highest BCUT2D eigenvalue weighted by atomic mass is 16.6. The van der Waals surface area contributed by atoms with E-state index >= 15 is 0 Å². The largest absolute Gasteiger partial charge is 0.444 e. The van der Waals surface area contributed by atoms with Gasteiger partial charge in [-0.05, 0) is 20.8 Å². The van der Waals surface area contributed by atoms with Gasteiger partial charge in [0.05, 0.1) is 33.0 Å². The molecule has 1 rings (SSSR count). The topological polar surface area (TPSA) is 176 Å². The maximum absolute atomic E-state index is 11.9. The molecule has 1 fully saturated rings. The number of alkyl carbamates (subject to hydrolysis) is 1. The summed E-state index contributed by atoms with van der Waals surface area (Å²) in [4.78, 5) is 23.3. The predicted octanol–water partition coefficient (Wildman–Crippen LogP) is -2.15. The Kier molecular flexibility index (Phi) is 11.5. The van der Waals surface area contributed by atoms with Crippen LogP contribution in [0.3, 0.4) is 0 Å². The number of hydrogen-bond acceptors (Lipinski definition) is 10. The second-order valence-corrected chi connectivity index (χ2v) is 7.73. The van der Waals surface area contributed by atoms with Gasteiger partial charge in [-0.15, -0.1) is 0 Å². The lowest BCUT2D eigenvalue weighted by Crippen LogP contribution is -2.64. The summed E-state index contributed by atoms with van der Waals surface area (Å²) < 4.78 is 20.6. The lowest BCUT2D eigenvalue weighted by atomic mass is 9.97. The normalized spacial score (nSPS) is 26.8. The molecule has 12 nitrogen and oxygen atoms in total. The van der Waals surface area contributed by atoms with E-state index in [9.17, 15) is 24.9 Å². The summed E-state index contributed by atoms with van der Waals surface area (Å²) in [6.07, 6.45) is -6.19. The van der Waals surface area contributed by atoms with Crippen molar-refractivity contribution < 1.29 is 49.0 Å². The molecular formula is C18H34N2O10. The summed E-state index contributed by atoms with van der Waals surface area (Å²) in [5, 5.41) is 43.5. The van der Waals surface area contributed by atoms with E-state index in [-0.39, 0.29) is 39.4 Å². The number of carbonyl (C=O) groups is 2. The van der Waals surface area contributed by atoms with E-state index in [1.54, 1.807) is 20.8 Å². The molecule has 0 saturated carbocycles. The van der Waals surface area contributed by atoms with Crippen molar-refractivity contribution in [3.05, 3.63) is 0 Å². The molecule has 176 valence electrons. The molecule has 1 aliphatic heterocycles. The van der Waals surface area contributed by atoms with E-state index in [2.05, 4.69) is 10.6 Å². The number of aliphatic hydroxyl groups excluding tert-OH is 4. The number of hydrogen-bond donors (Lipinski definition) is 6. The third-order valence-corrected chi connectivity index (χ3v) is 3.99. The molecule has 1 aliphatic rings. The third-order valence-electron chi connectivity index (χ3n) is 3.99. The van der Waals surface area contributed by atoms with Crippen LogP contribution in [-0.4, -0.2) is 108 Å². The van der Waals surface area contributed by atoms with E-state index in [1.807, 2.05) is 0 Å². The van der Waals surface area contributed by atoms with Gasteiger partial charge in [0.25, 0.3) is 0 Å². The minimum Gasteiger partial charge on any atom is -0.444 e. The van der Waals surface area contributed by atoms with Crippen molar-refractivity contribution in [3.8, 4) is 0 Å². The van der Waals surface area contributed by atoms with Gasteiger partial charge in [-0.2, -0.15) is 0 Å². The second-order valence-electron chi connectivity index (χ2n) is 7.73. The second kappa shape index (κ2) is 13.0. The monoisotopic (exact) mass is 438 g/mol. The Balaban J connectivity index is 2.08. The van der Waals surface area contributed by atoms with Crippen molar-refractivity contribution in [1.29, 1.82) is 0 Å². The van der Waals surface area contributed by atoms with Gasteiger partial charge >= 0.3 is 6.09 Å². The zero-order chi connectivity index (χ0) is 22.7. The molecule has 1 heterocycles. The average Bonchev–Trinajstić information content (AvgIpc) is 2.65. The van der Waals surface area contributed by atoms with Crippen molar-refractivity contribution in [2.45, 2.75) is 63.4 Å². The molecular weight excluding hydrogens is 404 g/mol. The highest BCUT2D eigenvalue weighted by Crippen LogP contribution is 2.19. The Morgan fingerprint density at radius 2 is 1.63 bits per heavy atom. The molecule has 1 unspecified atom stereocenters. The van der Waals surface area contributed by atoms with Crippen molar-refractivity contribution in [3.63, 3.8) is 0 Å². The third kappa shape index (κ3) is 9.98. The first kappa shape index (κ1) is 26.5. The number of ether oxygens (including phenoxy) is 4. The van der Waals surface area contributed by atoms with Gasteiger partial charge in [0.15, 0.2) is 6.29 Å². The molecule has 1 saturated heterocycles. The molecule has 30 heavy (non-hydrogen) atoms. The molecule has 0 aromatic rings. The molecule has 0 bridgehead atoms. The minimum atomic E-state index is -1.56. The Morgan fingerprint density at radius 1 is 1.00 bits per heavy atom. The van der Waals surface area contributed by atoms with E-state index in [1.165, 1.54) is 0 Å². The van der Waals surface area contributed by atoms with Crippen LogP contribution in [0.25, 0.3) is 0 Å². The van der Waals surface area contributed by atoms with E-state index in [4.69, 9.17) is 24.1 Å². The van der Waals surface area contributed by atoms with Crippen LogP contribution in [-0.2, 0) is 23.7 Å². The maximum Gasteiger partial charge on any atom is 0.407 e. The fourth-order valence-electron chi connectivity index (χ4n) is 2.54. The molecule has 12 heteroatoms. The zero-order valence-corrected chi connectivity index (χ0v) is 17.6. The van der Waals surface area contributed by atoms with Crippen LogP contribution in [0.4, 0.5) is 4.79 Å². The van der Waals surface area contributed by atoms with E-state index in [0.29, 0.717) is 0 Å². The van der Waals surface area contributed by atoms with Crippen molar-refractivity contribution >= 4 is 12.0 Å². The summed E-state index contributed by atoms with van der Waals surface area (Å²) >= 11 is 0. The fourth-order valence-corrected chi connectivity index (χ4v) is 2.54. The van der Waals surface area contributed by atoms with Crippen molar-refractivity contribution in [2.75, 3.05) is 39.6 Å². The number of rotatable bonds is 11. The van der Waals surface area contributed by atoms with Crippen LogP contribution in [0.5, 0.6) is 0 Å². The molecule has 0 radical (unpaired) electrons. The Hall–Kier alpha value is -1.54. The van der Waals surface area contributed by atoms with Crippen LogP contribution in [0.2, 0.25) is 0 Å². The predicted molar refractivity (Wildman–Crippen MR) is 102 cm³/mol. The van der Waals surface area contributed by atoms with Crippen molar-refractivity contribution in [2.24, 2.45) is 0 Å². The maximum atomic E-state index is 11.9. The van der Waals surface area contributed by atoms with Gasteiger partial charge in [-0.1, -0.05) is 0 Å². The molecule has 0 aliphatic carbocycles. The van der Waals surface area contributed by atoms with Gasteiger partial charge in [-0.25, -0.2) is 4.79 Å².